The Morgan fingerprint density at radius 1 is 1.25 bits per heavy atom. The van der Waals surface area contributed by atoms with Gasteiger partial charge in [-0.05, 0) is 18.6 Å². The third kappa shape index (κ3) is 5.81. The molecular weight excluding hydrogens is 300 g/mol. The van der Waals surface area contributed by atoms with Crippen LogP contribution in [0.5, 0.6) is 0 Å². The summed E-state index contributed by atoms with van der Waals surface area (Å²) in [7, 11) is -5.84. The summed E-state index contributed by atoms with van der Waals surface area (Å²) in [5.74, 6) is -0.831. The minimum atomic E-state index is -3.86. The van der Waals surface area contributed by atoms with Crippen LogP contribution >= 0.6 is 0 Å². The SMILES string of the molecule is CCCCNC(=O)CS(=O)NS(=O)(=O)c1ccccc1. The van der Waals surface area contributed by atoms with Gasteiger partial charge >= 0.3 is 0 Å². The fourth-order valence-corrected chi connectivity index (χ4v) is 3.83. The highest BCUT2D eigenvalue weighted by atomic mass is 32.3. The summed E-state index contributed by atoms with van der Waals surface area (Å²) >= 11 is 0. The van der Waals surface area contributed by atoms with Crippen LogP contribution in [-0.4, -0.2) is 30.8 Å². The van der Waals surface area contributed by atoms with E-state index >= 15 is 0 Å². The lowest BCUT2D eigenvalue weighted by molar-refractivity contribution is -0.118. The van der Waals surface area contributed by atoms with Crippen molar-refractivity contribution in [3.63, 3.8) is 0 Å². The molecule has 1 rings (SSSR count). The van der Waals surface area contributed by atoms with E-state index in [2.05, 4.69) is 5.32 Å². The van der Waals surface area contributed by atoms with Crippen LogP contribution in [0.4, 0.5) is 0 Å². The number of hydrogen-bond donors (Lipinski definition) is 2. The Labute approximate surface area is 121 Å². The van der Waals surface area contributed by atoms with Crippen molar-refractivity contribution in [1.29, 1.82) is 0 Å². The molecule has 6 nitrogen and oxygen atoms in total. The van der Waals surface area contributed by atoms with E-state index in [4.69, 9.17) is 0 Å². The second kappa shape index (κ2) is 8.13. The molecule has 0 fully saturated rings. The molecule has 0 aliphatic carbocycles. The molecule has 0 aliphatic rings. The van der Waals surface area contributed by atoms with Crippen LogP contribution in [-0.2, 0) is 25.8 Å². The fourth-order valence-electron chi connectivity index (χ4n) is 1.37. The third-order valence-corrected chi connectivity index (χ3v) is 5.41. The van der Waals surface area contributed by atoms with E-state index in [0.29, 0.717) is 6.54 Å². The van der Waals surface area contributed by atoms with E-state index in [1.807, 2.05) is 11.1 Å². The van der Waals surface area contributed by atoms with Gasteiger partial charge in [-0.1, -0.05) is 31.5 Å². The predicted molar refractivity (Wildman–Crippen MR) is 77.7 cm³/mol. The quantitative estimate of drug-likeness (QED) is 0.685. The average molecular weight is 318 g/mol. The first-order valence-electron chi connectivity index (χ1n) is 6.18. The minimum Gasteiger partial charge on any atom is -0.355 e. The fraction of sp³-hybridized carbons (Fsp3) is 0.417. The summed E-state index contributed by atoms with van der Waals surface area (Å²) in [4.78, 5) is 11.4. The number of rotatable bonds is 8. The smallest absolute Gasteiger partial charge is 0.251 e. The molecule has 0 aliphatic heterocycles. The summed E-state index contributed by atoms with van der Waals surface area (Å²) < 4.78 is 37.3. The van der Waals surface area contributed by atoms with Crippen molar-refractivity contribution in [3.05, 3.63) is 30.3 Å². The lowest BCUT2D eigenvalue weighted by atomic mass is 10.3. The standard InChI is InChI=1S/C12H18N2O4S2/c1-2-3-9-13-12(15)10-19(16)14-20(17,18)11-7-5-4-6-8-11/h4-8,14H,2-3,9-10H2,1H3,(H,13,15). The number of hydrogen-bond acceptors (Lipinski definition) is 4. The van der Waals surface area contributed by atoms with Gasteiger partial charge in [0.2, 0.25) is 5.91 Å². The lowest BCUT2D eigenvalue weighted by Crippen LogP contribution is -2.35. The van der Waals surface area contributed by atoms with Crippen molar-refractivity contribution in [2.45, 2.75) is 24.7 Å². The Morgan fingerprint density at radius 3 is 2.50 bits per heavy atom. The molecule has 8 heteroatoms. The maximum absolute atomic E-state index is 11.8. The normalized spacial score (nSPS) is 12.8. The summed E-state index contributed by atoms with van der Waals surface area (Å²) in [6.07, 6.45) is 1.76. The van der Waals surface area contributed by atoms with Crippen molar-refractivity contribution >= 4 is 26.9 Å². The topological polar surface area (TPSA) is 92.3 Å². The maximum atomic E-state index is 11.8. The lowest BCUT2D eigenvalue weighted by Gasteiger charge is -2.07. The Kier molecular flexibility index (Phi) is 6.83. The molecule has 1 aromatic rings. The zero-order chi connectivity index (χ0) is 15.0. The molecular formula is C12H18N2O4S2. The van der Waals surface area contributed by atoms with Gasteiger partial charge in [0.1, 0.15) is 16.7 Å². The zero-order valence-electron chi connectivity index (χ0n) is 11.2. The molecule has 0 saturated carbocycles. The van der Waals surface area contributed by atoms with Crippen LogP contribution in [0.2, 0.25) is 0 Å². The first kappa shape index (κ1) is 16.8. The molecule has 0 radical (unpaired) electrons. The Hall–Kier alpha value is -1.25. The number of nitrogens with one attached hydrogen (secondary N) is 2. The maximum Gasteiger partial charge on any atom is 0.251 e. The highest BCUT2D eigenvalue weighted by Crippen LogP contribution is 2.07. The van der Waals surface area contributed by atoms with Gasteiger partial charge in [0, 0.05) is 6.54 Å². The van der Waals surface area contributed by atoms with E-state index in [0.717, 1.165) is 12.8 Å². The molecule has 1 amide bonds. The Morgan fingerprint density at radius 2 is 1.90 bits per heavy atom. The molecule has 112 valence electrons. The van der Waals surface area contributed by atoms with Gasteiger partial charge in [-0.2, -0.15) is 0 Å². The number of carbonyl (C=O) groups excluding carboxylic acids is 1. The van der Waals surface area contributed by atoms with E-state index in [9.17, 15) is 17.4 Å². The van der Waals surface area contributed by atoms with E-state index in [1.54, 1.807) is 18.2 Å². The van der Waals surface area contributed by atoms with Crippen LogP contribution in [0.25, 0.3) is 0 Å². The second-order valence-electron chi connectivity index (χ2n) is 4.09. The largest absolute Gasteiger partial charge is 0.355 e. The van der Waals surface area contributed by atoms with Gasteiger partial charge in [0.25, 0.3) is 10.0 Å². The molecule has 1 aromatic carbocycles. The molecule has 2 N–H and O–H groups in total. The van der Waals surface area contributed by atoms with Gasteiger partial charge in [-0.15, -0.1) is 4.13 Å². The molecule has 0 spiro atoms. The summed E-state index contributed by atoms with van der Waals surface area (Å²) in [6.45, 7) is 2.48. The monoisotopic (exact) mass is 318 g/mol. The molecule has 1 atom stereocenters. The number of carbonyl (C=O) groups is 1. The summed E-state index contributed by atoms with van der Waals surface area (Å²) in [5, 5.41) is 2.57. The second-order valence-corrected chi connectivity index (χ2v) is 7.22. The molecule has 20 heavy (non-hydrogen) atoms. The minimum absolute atomic E-state index is 0.0136. The van der Waals surface area contributed by atoms with Crippen molar-refractivity contribution in [3.8, 4) is 0 Å². The highest BCUT2D eigenvalue weighted by Gasteiger charge is 2.18. The van der Waals surface area contributed by atoms with Gasteiger partial charge in [0.05, 0.1) is 4.90 Å². The summed E-state index contributed by atoms with van der Waals surface area (Å²) in [5.41, 5.74) is 0. The molecule has 0 heterocycles. The molecule has 0 saturated heterocycles. The van der Waals surface area contributed by atoms with Gasteiger partial charge in [-0.25, -0.2) is 12.6 Å². The Balaban J connectivity index is 2.52. The van der Waals surface area contributed by atoms with Gasteiger partial charge < -0.3 is 5.32 Å². The molecule has 0 aromatic heterocycles. The number of sulfonamides is 1. The van der Waals surface area contributed by atoms with Crippen molar-refractivity contribution < 1.29 is 17.4 Å². The van der Waals surface area contributed by atoms with E-state index < -0.39 is 32.7 Å². The van der Waals surface area contributed by atoms with Crippen LogP contribution in [0.3, 0.4) is 0 Å². The number of amides is 1. The number of unbranched alkanes of at least 4 members (excludes halogenated alkanes) is 1. The van der Waals surface area contributed by atoms with Gasteiger partial charge in [-0.3, -0.25) is 4.79 Å². The van der Waals surface area contributed by atoms with Gasteiger partial charge in [0.15, 0.2) is 0 Å². The Bertz CT molecular complexity index is 558. The predicted octanol–water partition coefficient (Wildman–Crippen LogP) is 0.545. The van der Waals surface area contributed by atoms with Crippen molar-refractivity contribution in [1.82, 2.24) is 9.44 Å². The zero-order valence-corrected chi connectivity index (χ0v) is 12.8. The van der Waals surface area contributed by atoms with Crippen LogP contribution in [0.15, 0.2) is 35.2 Å². The van der Waals surface area contributed by atoms with E-state index in [-0.39, 0.29) is 4.90 Å². The van der Waals surface area contributed by atoms with E-state index in [1.165, 1.54) is 12.1 Å². The van der Waals surface area contributed by atoms with Crippen LogP contribution in [0, 0.1) is 0 Å². The average Bonchev–Trinajstić information content (AvgIpc) is 2.39. The molecule has 1 unspecified atom stereocenters. The first-order chi connectivity index (χ1) is 9.45. The third-order valence-electron chi connectivity index (χ3n) is 2.37. The van der Waals surface area contributed by atoms with Crippen LogP contribution < -0.4 is 9.44 Å². The summed E-state index contributed by atoms with van der Waals surface area (Å²) in [6, 6.07) is 7.59. The van der Waals surface area contributed by atoms with Crippen molar-refractivity contribution in [2.24, 2.45) is 0 Å². The van der Waals surface area contributed by atoms with Crippen LogP contribution in [0.1, 0.15) is 19.8 Å². The molecule has 0 bridgehead atoms. The number of benzene rings is 1. The first-order valence-corrected chi connectivity index (χ1v) is 8.98. The highest BCUT2D eigenvalue weighted by molar-refractivity contribution is 8.02. The van der Waals surface area contributed by atoms with Crippen molar-refractivity contribution in [2.75, 3.05) is 12.3 Å².